The second-order valence-corrected chi connectivity index (χ2v) is 11.1. The van der Waals surface area contributed by atoms with E-state index in [0.29, 0.717) is 0 Å². The molecule has 5 rings (SSSR count). The van der Waals surface area contributed by atoms with E-state index in [9.17, 15) is 0 Å². The summed E-state index contributed by atoms with van der Waals surface area (Å²) in [5.74, 6) is 2.69. The average Bonchev–Trinajstić information content (AvgIpc) is 3.29. The maximum Gasteiger partial charge on any atom is 0.160 e. The predicted octanol–water partition coefficient (Wildman–Crippen LogP) is 6.63. The fourth-order valence-electron chi connectivity index (χ4n) is 5.34. The molecule has 0 atom stereocenters. The van der Waals surface area contributed by atoms with Gasteiger partial charge in [-0.3, -0.25) is 0 Å². The van der Waals surface area contributed by atoms with Gasteiger partial charge in [-0.05, 0) is 82.0 Å². The smallest absolute Gasteiger partial charge is 0.160 e. The summed E-state index contributed by atoms with van der Waals surface area (Å²) in [5, 5.41) is 8.77. The lowest BCUT2D eigenvalue weighted by Gasteiger charge is -2.35. The molecule has 2 fully saturated rings. The van der Waals surface area contributed by atoms with Crippen LogP contribution >= 0.6 is 40.2 Å². The van der Waals surface area contributed by atoms with Crippen LogP contribution in [0.25, 0.3) is 11.0 Å². The highest BCUT2D eigenvalue weighted by molar-refractivity contribution is 9.10. The summed E-state index contributed by atoms with van der Waals surface area (Å²) in [6, 6.07) is 5.78. The van der Waals surface area contributed by atoms with E-state index in [1.165, 1.54) is 44.9 Å². The summed E-state index contributed by atoms with van der Waals surface area (Å²) >= 11 is 14.5. The van der Waals surface area contributed by atoms with Crippen LogP contribution in [0, 0.1) is 11.8 Å². The second kappa shape index (κ2) is 10.4. The first kappa shape index (κ1) is 23.2. The van der Waals surface area contributed by atoms with Gasteiger partial charge in [-0.15, -0.1) is 12.6 Å². The van der Waals surface area contributed by atoms with Crippen molar-refractivity contribution in [3.8, 4) is 0 Å². The molecule has 0 unspecified atom stereocenters. The Hall–Kier alpha value is -1.51. The minimum atomic E-state index is 0.729. The minimum Gasteiger partial charge on any atom is -0.368 e. The SMILES string of the molecule is Sc1cnc(N2CCC(CCCC3CCN(c4c(Cl)ccc5nonc45)CC3)CC2)c(Br)c1. The molecule has 2 aliphatic rings. The molecule has 3 aromatic rings. The van der Waals surface area contributed by atoms with Crippen molar-refractivity contribution in [1.29, 1.82) is 0 Å². The first-order chi connectivity index (χ1) is 16.1. The maximum absolute atomic E-state index is 6.50. The first-order valence-corrected chi connectivity index (χ1v) is 13.5. The molecular formula is C24H29BrClN5OS. The van der Waals surface area contributed by atoms with Gasteiger partial charge in [0.05, 0.1) is 15.2 Å². The standard InChI is InChI=1S/C24H29BrClN5OS/c25-19-14-18(33)15-27-24(19)31-12-8-17(9-13-31)3-1-2-16-6-10-30(11-7-16)23-20(26)4-5-21-22(23)29-32-28-21/h4-5,14-17,33H,1-3,6-13H2. The van der Waals surface area contributed by atoms with Gasteiger partial charge in [0.2, 0.25) is 0 Å². The van der Waals surface area contributed by atoms with Gasteiger partial charge >= 0.3 is 0 Å². The number of nitrogens with zero attached hydrogens (tertiary/aromatic N) is 5. The molecule has 9 heteroatoms. The largest absolute Gasteiger partial charge is 0.368 e. The molecule has 2 saturated heterocycles. The van der Waals surface area contributed by atoms with E-state index < -0.39 is 0 Å². The molecule has 6 nitrogen and oxygen atoms in total. The molecule has 0 saturated carbocycles. The van der Waals surface area contributed by atoms with E-state index in [0.717, 1.165) is 74.9 Å². The first-order valence-electron chi connectivity index (χ1n) is 11.8. The summed E-state index contributed by atoms with van der Waals surface area (Å²) < 4.78 is 5.97. The molecule has 0 bridgehead atoms. The zero-order valence-electron chi connectivity index (χ0n) is 18.6. The quantitative estimate of drug-likeness (QED) is 0.348. The number of rotatable bonds is 6. The molecule has 0 radical (unpaired) electrons. The van der Waals surface area contributed by atoms with Crippen molar-refractivity contribution in [2.75, 3.05) is 36.0 Å². The van der Waals surface area contributed by atoms with Crippen LogP contribution in [0.2, 0.25) is 5.02 Å². The fourth-order valence-corrected chi connectivity index (χ4v) is 6.58. The Morgan fingerprint density at radius 1 is 1.00 bits per heavy atom. The molecule has 33 heavy (non-hydrogen) atoms. The summed E-state index contributed by atoms with van der Waals surface area (Å²) in [5.41, 5.74) is 2.52. The van der Waals surface area contributed by atoms with Crippen LogP contribution in [0.5, 0.6) is 0 Å². The Morgan fingerprint density at radius 3 is 2.33 bits per heavy atom. The van der Waals surface area contributed by atoms with Crippen molar-refractivity contribution < 1.29 is 4.63 Å². The molecule has 2 aliphatic heterocycles. The van der Waals surface area contributed by atoms with Gasteiger partial charge in [-0.25, -0.2) is 9.61 Å². The third-order valence-corrected chi connectivity index (χ3v) is 8.36. The molecule has 0 spiro atoms. The van der Waals surface area contributed by atoms with Crippen molar-refractivity contribution in [2.24, 2.45) is 11.8 Å². The van der Waals surface area contributed by atoms with E-state index in [1.54, 1.807) is 0 Å². The van der Waals surface area contributed by atoms with Gasteiger partial charge in [-0.1, -0.05) is 30.9 Å². The molecule has 176 valence electrons. The van der Waals surface area contributed by atoms with Gasteiger partial charge in [0.1, 0.15) is 11.3 Å². The monoisotopic (exact) mass is 549 g/mol. The van der Waals surface area contributed by atoms with E-state index in [1.807, 2.05) is 24.4 Å². The molecular weight excluding hydrogens is 522 g/mol. The van der Waals surface area contributed by atoms with Crippen LogP contribution in [0.15, 0.2) is 38.4 Å². The number of fused-ring (bicyclic) bond motifs is 1. The number of thiol groups is 1. The lowest BCUT2D eigenvalue weighted by molar-refractivity contribution is 0.315. The van der Waals surface area contributed by atoms with E-state index in [2.05, 4.69) is 53.7 Å². The summed E-state index contributed by atoms with van der Waals surface area (Å²) in [7, 11) is 0. The van der Waals surface area contributed by atoms with Gasteiger partial charge < -0.3 is 9.80 Å². The Morgan fingerprint density at radius 2 is 1.67 bits per heavy atom. The lowest BCUT2D eigenvalue weighted by atomic mass is 9.86. The Balaban J connectivity index is 1.05. The number of pyridine rings is 1. The molecule has 4 heterocycles. The van der Waals surface area contributed by atoms with Crippen molar-refractivity contribution >= 4 is 62.7 Å². The Labute approximate surface area is 213 Å². The van der Waals surface area contributed by atoms with Crippen molar-refractivity contribution in [1.82, 2.24) is 15.3 Å². The van der Waals surface area contributed by atoms with Gasteiger partial charge in [0.15, 0.2) is 5.52 Å². The summed E-state index contributed by atoms with van der Waals surface area (Å²) in [6.45, 7) is 4.21. The molecule has 0 amide bonds. The van der Waals surface area contributed by atoms with Crippen LogP contribution in [-0.4, -0.2) is 41.5 Å². The van der Waals surface area contributed by atoms with Crippen molar-refractivity contribution in [2.45, 2.75) is 49.8 Å². The van der Waals surface area contributed by atoms with E-state index in [4.69, 9.17) is 16.2 Å². The second-order valence-electron chi connectivity index (χ2n) is 9.32. The number of hydrogen-bond donors (Lipinski definition) is 1. The van der Waals surface area contributed by atoms with Gasteiger partial charge in [0, 0.05) is 37.3 Å². The number of halogens is 2. The molecule has 0 N–H and O–H groups in total. The van der Waals surface area contributed by atoms with Crippen LogP contribution in [0.4, 0.5) is 11.5 Å². The third kappa shape index (κ3) is 5.28. The number of aromatic nitrogens is 3. The average molecular weight is 551 g/mol. The zero-order chi connectivity index (χ0) is 22.8. The van der Waals surface area contributed by atoms with Gasteiger partial charge in [-0.2, -0.15) is 0 Å². The van der Waals surface area contributed by atoms with E-state index >= 15 is 0 Å². The number of hydrogen-bond acceptors (Lipinski definition) is 7. The maximum atomic E-state index is 6.50. The zero-order valence-corrected chi connectivity index (χ0v) is 21.8. The Kier molecular flexibility index (Phi) is 7.33. The highest BCUT2D eigenvalue weighted by Crippen LogP contribution is 2.36. The van der Waals surface area contributed by atoms with Crippen LogP contribution < -0.4 is 9.80 Å². The van der Waals surface area contributed by atoms with Crippen molar-refractivity contribution in [3.05, 3.63) is 33.9 Å². The van der Waals surface area contributed by atoms with Gasteiger partial charge in [0.25, 0.3) is 0 Å². The number of anilines is 2. The third-order valence-electron chi connectivity index (χ3n) is 7.23. The minimum absolute atomic E-state index is 0.729. The van der Waals surface area contributed by atoms with Crippen molar-refractivity contribution in [3.63, 3.8) is 0 Å². The normalized spacial score (nSPS) is 18.4. The summed E-state index contributed by atoms with van der Waals surface area (Å²) in [4.78, 5) is 10.2. The number of piperidine rings is 2. The molecule has 0 aliphatic carbocycles. The highest BCUT2D eigenvalue weighted by Gasteiger charge is 2.25. The Bertz CT molecular complexity index is 1100. The molecule has 1 aromatic carbocycles. The van der Waals surface area contributed by atoms with Crippen LogP contribution in [0.3, 0.4) is 0 Å². The highest BCUT2D eigenvalue weighted by atomic mass is 79.9. The fraction of sp³-hybridized carbons (Fsp3) is 0.542. The van der Waals surface area contributed by atoms with Crippen LogP contribution in [0.1, 0.15) is 44.9 Å². The number of benzene rings is 1. The predicted molar refractivity (Wildman–Crippen MR) is 140 cm³/mol. The van der Waals surface area contributed by atoms with E-state index in [-0.39, 0.29) is 0 Å². The lowest BCUT2D eigenvalue weighted by Crippen LogP contribution is -2.35. The molecule has 2 aromatic heterocycles. The summed E-state index contributed by atoms with van der Waals surface area (Å²) in [6.07, 6.45) is 10.7. The topological polar surface area (TPSA) is 58.3 Å². The van der Waals surface area contributed by atoms with Crippen LogP contribution in [-0.2, 0) is 0 Å².